The summed E-state index contributed by atoms with van der Waals surface area (Å²) in [5.41, 5.74) is 7.53. The van der Waals surface area contributed by atoms with Crippen LogP contribution in [0.15, 0.2) is 12.1 Å². The van der Waals surface area contributed by atoms with E-state index in [1.807, 2.05) is 0 Å². The maximum atomic E-state index is 13.7. The van der Waals surface area contributed by atoms with Crippen molar-refractivity contribution in [3.8, 4) is 5.75 Å². The van der Waals surface area contributed by atoms with Crippen molar-refractivity contribution in [1.82, 2.24) is 0 Å². The van der Waals surface area contributed by atoms with Crippen LogP contribution >= 0.6 is 0 Å². The molecule has 0 aromatic heterocycles. The third kappa shape index (κ3) is 2.32. The molecule has 1 aliphatic heterocycles. The molecule has 0 unspecified atom stereocenters. The van der Waals surface area contributed by atoms with Gasteiger partial charge in [0.25, 0.3) is 0 Å². The molecule has 1 saturated carbocycles. The van der Waals surface area contributed by atoms with Crippen LogP contribution in [0, 0.1) is 11.7 Å². The number of anilines is 2. The maximum absolute atomic E-state index is 13.7. The molecule has 1 saturated heterocycles. The lowest BCUT2D eigenvalue weighted by molar-refractivity contribution is 0.244. The Morgan fingerprint density at radius 2 is 1.95 bits per heavy atom. The third-order valence-corrected chi connectivity index (χ3v) is 4.85. The van der Waals surface area contributed by atoms with Gasteiger partial charge < -0.3 is 15.4 Å². The van der Waals surface area contributed by atoms with Crippen LogP contribution < -0.4 is 15.4 Å². The number of hydrogen-bond acceptors (Lipinski definition) is 3. The Hall–Kier alpha value is -1.45. The van der Waals surface area contributed by atoms with Gasteiger partial charge in [0.05, 0.1) is 18.5 Å². The van der Waals surface area contributed by atoms with Gasteiger partial charge in [-0.25, -0.2) is 4.39 Å². The van der Waals surface area contributed by atoms with Crippen LogP contribution in [0.1, 0.15) is 38.5 Å². The normalized spacial score (nSPS) is 26.2. The van der Waals surface area contributed by atoms with E-state index in [1.165, 1.54) is 51.7 Å². The van der Waals surface area contributed by atoms with Crippen LogP contribution in [0.3, 0.4) is 0 Å². The number of ether oxygens (including phenoxy) is 1. The van der Waals surface area contributed by atoms with Crippen molar-refractivity contribution in [3.05, 3.63) is 17.9 Å². The highest BCUT2D eigenvalue weighted by molar-refractivity contribution is 5.70. The van der Waals surface area contributed by atoms with Gasteiger partial charge in [0.15, 0.2) is 11.6 Å². The van der Waals surface area contributed by atoms with Gasteiger partial charge in [-0.3, -0.25) is 0 Å². The van der Waals surface area contributed by atoms with Crippen molar-refractivity contribution in [2.75, 3.05) is 24.3 Å². The fourth-order valence-corrected chi connectivity index (χ4v) is 3.89. The lowest BCUT2D eigenvalue weighted by atomic mass is 9.78. The third-order valence-electron chi connectivity index (χ3n) is 4.85. The minimum Gasteiger partial charge on any atom is -0.494 e. The Labute approximate surface area is 119 Å². The molecule has 20 heavy (non-hydrogen) atoms. The smallest absolute Gasteiger partial charge is 0.167 e. The van der Waals surface area contributed by atoms with Gasteiger partial charge in [0.2, 0.25) is 0 Å². The van der Waals surface area contributed by atoms with Crippen LogP contribution in [0.2, 0.25) is 0 Å². The van der Waals surface area contributed by atoms with Crippen LogP contribution in [-0.2, 0) is 0 Å². The number of nitrogen functional groups attached to an aromatic ring is 1. The molecule has 0 spiro atoms. The standard InChI is InChI=1S/C16H23FN2O/c1-20-16-10-15(13(18)9-12(16)17)19-8-4-6-11-5-2-3-7-14(11)19/h9-11,14H,2-8,18H2,1H3/t11-,14-/m1/s1. The number of nitrogens with zero attached hydrogens (tertiary/aromatic N) is 1. The van der Waals surface area contributed by atoms with Crippen molar-refractivity contribution in [2.45, 2.75) is 44.6 Å². The van der Waals surface area contributed by atoms with E-state index >= 15 is 0 Å². The summed E-state index contributed by atoms with van der Waals surface area (Å²) >= 11 is 0. The Morgan fingerprint density at radius 1 is 1.20 bits per heavy atom. The van der Waals surface area contributed by atoms with Gasteiger partial charge in [-0.15, -0.1) is 0 Å². The number of fused-ring (bicyclic) bond motifs is 1. The van der Waals surface area contributed by atoms with E-state index in [-0.39, 0.29) is 11.6 Å². The number of hydrogen-bond donors (Lipinski definition) is 1. The molecule has 3 rings (SSSR count). The molecule has 2 N–H and O–H groups in total. The molecule has 2 aliphatic rings. The van der Waals surface area contributed by atoms with E-state index < -0.39 is 0 Å². The minimum absolute atomic E-state index is 0.284. The predicted molar refractivity (Wildman–Crippen MR) is 79.7 cm³/mol. The molecule has 1 heterocycles. The van der Waals surface area contributed by atoms with E-state index in [0.29, 0.717) is 11.7 Å². The molecule has 3 nitrogen and oxygen atoms in total. The Bertz CT molecular complexity index is 490. The second-order valence-corrected chi connectivity index (χ2v) is 5.99. The zero-order valence-electron chi connectivity index (χ0n) is 12.1. The second kappa shape index (κ2) is 5.51. The summed E-state index contributed by atoms with van der Waals surface area (Å²) in [5, 5.41) is 0. The van der Waals surface area contributed by atoms with Crippen molar-refractivity contribution in [2.24, 2.45) is 5.92 Å². The number of halogens is 1. The molecule has 1 aliphatic carbocycles. The number of methoxy groups -OCH3 is 1. The summed E-state index contributed by atoms with van der Waals surface area (Å²) in [6, 6.07) is 3.72. The lowest BCUT2D eigenvalue weighted by Crippen LogP contribution is -2.47. The van der Waals surface area contributed by atoms with Crippen molar-refractivity contribution >= 4 is 11.4 Å². The highest BCUT2D eigenvalue weighted by atomic mass is 19.1. The predicted octanol–water partition coefficient (Wildman–Crippen LogP) is 3.58. The summed E-state index contributed by atoms with van der Waals surface area (Å²) in [5.74, 6) is 0.672. The first-order valence-corrected chi connectivity index (χ1v) is 7.60. The van der Waals surface area contributed by atoms with Gasteiger partial charge in [-0.2, -0.15) is 0 Å². The van der Waals surface area contributed by atoms with E-state index in [2.05, 4.69) is 4.90 Å². The average Bonchev–Trinajstić information content (AvgIpc) is 2.47. The van der Waals surface area contributed by atoms with E-state index in [9.17, 15) is 4.39 Å². The van der Waals surface area contributed by atoms with Gasteiger partial charge in [-0.05, 0) is 31.6 Å². The minimum atomic E-state index is -0.383. The molecule has 1 aromatic carbocycles. The summed E-state index contributed by atoms with van der Waals surface area (Å²) < 4.78 is 18.8. The van der Waals surface area contributed by atoms with E-state index in [4.69, 9.17) is 10.5 Å². The molecule has 1 aromatic rings. The number of rotatable bonds is 2. The first-order valence-electron chi connectivity index (χ1n) is 7.60. The molecule has 0 amide bonds. The summed E-state index contributed by atoms with van der Waals surface area (Å²) in [7, 11) is 1.50. The van der Waals surface area contributed by atoms with Gasteiger partial charge in [0, 0.05) is 24.7 Å². The van der Waals surface area contributed by atoms with E-state index in [0.717, 1.165) is 18.2 Å². The Morgan fingerprint density at radius 3 is 2.75 bits per heavy atom. The molecule has 2 atom stereocenters. The van der Waals surface area contributed by atoms with Gasteiger partial charge in [0.1, 0.15) is 0 Å². The van der Waals surface area contributed by atoms with Crippen LogP contribution in [-0.4, -0.2) is 19.7 Å². The summed E-state index contributed by atoms with van der Waals surface area (Å²) in [4.78, 5) is 2.39. The number of benzene rings is 1. The van der Waals surface area contributed by atoms with Crippen LogP contribution in [0.25, 0.3) is 0 Å². The molecule has 4 heteroatoms. The molecule has 0 radical (unpaired) electrons. The first-order chi connectivity index (χ1) is 9.70. The van der Waals surface area contributed by atoms with E-state index in [1.54, 1.807) is 6.07 Å². The second-order valence-electron chi connectivity index (χ2n) is 5.99. The fraction of sp³-hybridized carbons (Fsp3) is 0.625. The zero-order valence-corrected chi connectivity index (χ0v) is 12.1. The fourth-order valence-electron chi connectivity index (χ4n) is 3.89. The molecule has 2 fully saturated rings. The highest BCUT2D eigenvalue weighted by Crippen LogP contribution is 2.41. The first kappa shape index (κ1) is 13.5. The Kier molecular flexibility index (Phi) is 3.72. The molecular formula is C16H23FN2O. The van der Waals surface area contributed by atoms with Crippen LogP contribution in [0.4, 0.5) is 15.8 Å². The van der Waals surface area contributed by atoms with Crippen LogP contribution in [0.5, 0.6) is 5.75 Å². The lowest BCUT2D eigenvalue weighted by Gasteiger charge is -2.45. The topological polar surface area (TPSA) is 38.5 Å². The summed E-state index contributed by atoms with van der Waals surface area (Å²) in [6.07, 6.45) is 7.69. The van der Waals surface area contributed by atoms with Crippen molar-refractivity contribution in [1.29, 1.82) is 0 Å². The molecular weight excluding hydrogens is 255 g/mol. The maximum Gasteiger partial charge on any atom is 0.167 e. The average molecular weight is 278 g/mol. The SMILES string of the molecule is COc1cc(N2CCC[C@H]3CCCC[C@H]32)c(N)cc1F. The Balaban J connectivity index is 1.94. The van der Waals surface area contributed by atoms with Crippen molar-refractivity contribution in [3.63, 3.8) is 0 Å². The largest absolute Gasteiger partial charge is 0.494 e. The quantitative estimate of drug-likeness (QED) is 0.840. The molecule has 0 bridgehead atoms. The molecule has 110 valence electrons. The highest BCUT2D eigenvalue weighted by Gasteiger charge is 2.34. The van der Waals surface area contributed by atoms with Crippen molar-refractivity contribution < 1.29 is 9.13 Å². The van der Waals surface area contributed by atoms with Gasteiger partial charge in [-0.1, -0.05) is 12.8 Å². The number of nitrogens with two attached hydrogens (primary N) is 1. The summed E-state index contributed by atoms with van der Waals surface area (Å²) in [6.45, 7) is 1.01. The zero-order chi connectivity index (χ0) is 14.1. The van der Waals surface area contributed by atoms with Gasteiger partial charge >= 0.3 is 0 Å². The monoisotopic (exact) mass is 278 g/mol. The number of piperidine rings is 1.